The molecule has 0 aliphatic rings. The van der Waals surface area contributed by atoms with Crippen LogP contribution >= 0.6 is 7.82 Å². The molecule has 0 saturated carbocycles. The molecule has 0 aromatic carbocycles. The van der Waals surface area contributed by atoms with Crippen LogP contribution in [0.15, 0.2) is 25.3 Å². The summed E-state index contributed by atoms with van der Waals surface area (Å²) < 4.78 is 35.2. The third-order valence-electron chi connectivity index (χ3n) is 1.72. The molecule has 0 aliphatic heterocycles. The van der Waals surface area contributed by atoms with E-state index in [4.69, 9.17) is 12.8 Å². The van der Waals surface area contributed by atoms with Crippen molar-refractivity contribution >= 4 is 7.82 Å². The van der Waals surface area contributed by atoms with E-state index in [9.17, 15) is 9.09 Å². The van der Waals surface area contributed by atoms with E-state index in [0.717, 1.165) is 0 Å². The highest BCUT2D eigenvalue weighted by molar-refractivity contribution is 7.48. The van der Waals surface area contributed by atoms with E-state index in [0.29, 0.717) is 0 Å². The van der Waals surface area contributed by atoms with Gasteiger partial charge in [-0.2, -0.15) is 0 Å². The summed E-state index contributed by atoms with van der Waals surface area (Å²) in [7, 11) is -4.75. The molecule has 0 bridgehead atoms. The van der Waals surface area contributed by atoms with Crippen LogP contribution in [0.5, 0.6) is 0 Å². The van der Waals surface area contributed by atoms with Gasteiger partial charge in [-0.05, 0) is 4.53 Å². The average molecular weight is 304 g/mol. The fourth-order valence-corrected chi connectivity index (χ4v) is 1.31. The fraction of sp³-hybridized carbons (Fsp3) is 0.333. The van der Waals surface area contributed by atoms with E-state index in [-0.39, 0.29) is 12.8 Å². The van der Waals surface area contributed by atoms with Gasteiger partial charge in [0.15, 0.2) is 12.2 Å². The van der Waals surface area contributed by atoms with Crippen LogP contribution in [-0.4, -0.2) is 12.2 Å². The van der Waals surface area contributed by atoms with Gasteiger partial charge in [-0.15, -0.1) is 35.4 Å². The van der Waals surface area contributed by atoms with Crippen LogP contribution in [0.1, 0.15) is 12.8 Å². The molecule has 0 rings (SSSR count). The molecule has 0 N–H and O–H groups in total. The maximum absolute atomic E-state index is 12.2. The lowest BCUT2D eigenvalue weighted by atomic mass is 10.3. The SMILES string of the molecule is C#CC(CC=C)OOP(=O)(OF)OOC(C#C)CC=C. The van der Waals surface area contributed by atoms with Crippen molar-refractivity contribution in [2.24, 2.45) is 0 Å². The van der Waals surface area contributed by atoms with Gasteiger partial charge in [0, 0.05) is 12.8 Å². The summed E-state index contributed by atoms with van der Waals surface area (Å²) in [5, 5.41) is 0. The molecule has 0 aromatic rings. The molecule has 0 heterocycles. The molecule has 110 valence electrons. The number of hydrogen-bond donors (Lipinski definition) is 0. The van der Waals surface area contributed by atoms with E-state index in [1.807, 2.05) is 0 Å². The van der Waals surface area contributed by atoms with Gasteiger partial charge in [-0.25, -0.2) is 14.3 Å². The second-order valence-corrected chi connectivity index (χ2v) is 4.55. The lowest BCUT2D eigenvalue weighted by Gasteiger charge is -2.15. The number of halogens is 1. The zero-order chi connectivity index (χ0) is 15.4. The summed E-state index contributed by atoms with van der Waals surface area (Å²) in [5.41, 5.74) is 0. The Balaban J connectivity index is 4.43. The van der Waals surface area contributed by atoms with Gasteiger partial charge in [0.2, 0.25) is 0 Å². The van der Waals surface area contributed by atoms with Gasteiger partial charge in [0.05, 0.1) is 0 Å². The van der Waals surface area contributed by atoms with Crippen molar-refractivity contribution in [1.82, 2.24) is 0 Å². The molecule has 0 fully saturated rings. The maximum atomic E-state index is 12.2. The lowest BCUT2D eigenvalue weighted by Crippen LogP contribution is -2.13. The topological polar surface area (TPSA) is 63.2 Å². The van der Waals surface area contributed by atoms with Crippen LogP contribution in [-0.2, 0) is 28.4 Å². The normalized spacial score (nSPS) is 16.1. The highest BCUT2D eigenvalue weighted by Gasteiger charge is 2.34. The molecule has 2 atom stereocenters. The van der Waals surface area contributed by atoms with Gasteiger partial charge in [0.1, 0.15) is 0 Å². The van der Waals surface area contributed by atoms with Crippen molar-refractivity contribution in [3.05, 3.63) is 25.3 Å². The Hall–Kier alpha value is -1.44. The molecule has 0 spiro atoms. The van der Waals surface area contributed by atoms with Crippen LogP contribution in [0.3, 0.4) is 0 Å². The molecule has 0 aromatic heterocycles. The number of terminal acetylenes is 2. The van der Waals surface area contributed by atoms with Crippen LogP contribution in [0, 0.1) is 24.7 Å². The maximum Gasteiger partial charge on any atom is 0.560 e. The zero-order valence-corrected chi connectivity index (χ0v) is 11.5. The van der Waals surface area contributed by atoms with E-state index < -0.39 is 20.0 Å². The van der Waals surface area contributed by atoms with Crippen molar-refractivity contribution in [1.29, 1.82) is 0 Å². The minimum Gasteiger partial charge on any atom is -0.220 e. The molecule has 2 unspecified atom stereocenters. The molecule has 20 heavy (non-hydrogen) atoms. The lowest BCUT2D eigenvalue weighted by molar-refractivity contribution is -0.311. The van der Waals surface area contributed by atoms with Crippen molar-refractivity contribution in [2.75, 3.05) is 0 Å². The summed E-state index contributed by atoms with van der Waals surface area (Å²) in [6.07, 6.45) is 11.4. The first-order chi connectivity index (χ1) is 9.55. The van der Waals surface area contributed by atoms with Crippen LogP contribution in [0.2, 0.25) is 0 Å². The molecular formula is C12H14FO6P. The second-order valence-electron chi connectivity index (χ2n) is 3.22. The smallest absolute Gasteiger partial charge is 0.220 e. The monoisotopic (exact) mass is 304 g/mol. The first-order valence-electron chi connectivity index (χ1n) is 5.29. The molecule has 0 aliphatic carbocycles. The van der Waals surface area contributed by atoms with E-state index in [2.05, 4.69) is 48.9 Å². The fourth-order valence-electron chi connectivity index (χ4n) is 0.818. The van der Waals surface area contributed by atoms with Crippen molar-refractivity contribution in [3.63, 3.8) is 0 Å². The summed E-state index contributed by atoms with van der Waals surface area (Å²) in [6, 6.07) is 0. The summed E-state index contributed by atoms with van der Waals surface area (Å²) in [5.74, 6) is 4.27. The Morgan fingerprint density at radius 3 is 1.75 bits per heavy atom. The van der Waals surface area contributed by atoms with Gasteiger partial charge in [0.25, 0.3) is 0 Å². The molecule has 0 radical (unpaired) electrons. The molecule has 0 saturated heterocycles. The van der Waals surface area contributed by atoms with E-state index in [1.165, 1.54) is 12.2 Å². The Kier molecular flexibility index (Phi) is 9.61. The highest BCUT2D eigenvalue weighted by Crippen LogP contribution is 2.50. The predicted molar refractivity (Wildman–Crippen MR) is 69.0 cm³/mol. The number of phosphoric acid groups is 1. The van der Waals surface area contributed by atoms with Crippen molar-refractivity contribution in [3.8, 4) is 24.7 Å². The Bertz CT molecular complexity index is 402. The van der Waals surface area contributed by atoms with E-state index in [1.54, 1.807) is 0 Å². The molecule has 6 nitrogen and oxygen atoms in total. The Labute approximate surface area is 116 Å². The number of hydrogen-bond acceptors (Lipinski definition) is 6. The van der Waals surface area contributed by atoms with Gasteiger partial charge in [-0.1, -0.05) is 28.7 Å². The van der Waals surface area contributed by atoms with Crippen LogP contribution < -0.4 is 0 Å². The first kappa shape index (κ1) is 18.6. The Morgan fingerprint density at radius 1 is 1.10 bits per heavy atom. The summed E-state index contributed by atoms with van der Waals surface area (Å²) >= 11 is 0. The molecular weight excluding hydrogens is 290 g/mol. The second kappa shape index (κ2) is 10.4. The Morgan fingerprint density at radius 2 is 1.50 bits per heavy atom. The van der Waals surface area contributed by atoms with Gasteiger partial charge < -0.3 is 0 Å². The number of rotatable bonds is 11. The van der Waals surface area contributed by atoms with Gasteiger partial charge in [-0.3, -0.25) is 0 Å². The zero-order valence-electron chi connectivity index (χ0n) is 10.6. The highest BCUT2D eigenvalue weighted by atomic mass is 31.2. The minimum absolute atomic E-state index is 0.174. The van der Waals surface area contributed by atoms with E-state index >= 15 is 0 Å². The van der Waals surface area contributed by atoms with Gasteiger partial charge >= 0.3 is 7.82 Å². The standard InChI is InChI=1S/C12H14FO6P/c1-5-9-11(7-3)15-18-20(14,17-13)19-16-12(8-4)10-6-2/h3-6,11-12H,1-2,9-10H2. The summed E-state index contributed by atoms with van der Waals surface area (Å²) in [6.45, 7) is 6.82. The van der Waals surface area contributed by atoms with Crippen molar-refractivity contribution < 1.29 is 32.9 Å². The molecule has 8 heteroatoms. The van der Waals surface area contributed by atoms with Crippen LogP contribution in [0.25, 0.3) is 0 Å². The third kappa shape index (κ3) is 7.22. The molecule has 0 amide bonds. The first-order valence-corrected chi connectivity index (χ1v) is 6.75. The largest absolute Gasteiger partial charge is 0.560 e. The quantitative estimate of drug-likeness (QED) is 0.192. The predicted octanol–water partition coefficient (Wildman–Crippen LogP) is 3.05. The third-order valence-corrected chi connectivity index (χ3v) is 2.43. The van der Waals surface area contributed by atoms with Crippen LogP contribution in [0.4, 0.5) is 4.53 Å². The average Bonchev–Trinajstić information content (AvgIpc) is 2.47. The minimum atomic E-state index is -4.75. The summed E-state index contributed by atoms with van der Waals surface area (Å²) in [4.78, 5) is 9.00. The van der Waals surface area contributed by atoms with Crippen molar-refractivity contribution in [2.45, 2.75) is 25.0 Å².